The Morgan fingerprint density at radius 3 is 2.43 bits per heavy atom. The SMILES string of the molecule is CCCCCN[C@H]1CS(=O)(=O)C[C@@H]1S(=O)(=O)c1ccc(Cl)cc1. The normalized spacial score (nSPS) is 23.9. The largest absolute Gasteiger partial charge is 0.312 e. The van der Waals surface area contributed by atoms with E-state index in [2.05, 4.69) is 12.2 Å². The molecule has 0 aliphatic carbocycles. The van der Waals surface area contributed by atoms with Gasteiger partial charge in [0.05, 0.1) is 21.7 Å². The van der Waals surface area contributed by atoms with Crippen LogP contribution in [-0.2, 0) is 19.7 Å². The van der Waals surface area contributed by atoms with E-state index >= 15 is 0 Å². The minimum atomic E-state index is -3.72. The van der Waals surface area contributed by atoms with E-state index in [1.165, 1.54) is 24.3 Å². The summed E-state index contributed by atoms with van der Waals surface area (Å²) in [6.07, 6.45) is 2.99. The van der Waals surface area contributed by atoms with Crippen molar-refractivity contribution in [3.05, 3.63) is 29.3 Å². The van der Waals surface area contributed by atoms with Gasteiger partial charge >= 0.3 is 0 Å². The maximum absolute atomic E-state index is 12.8. The highest BCUT2D eigenvalue weighted by Gasteiger charge is 2.45. The number of hydrogen-bond acceptors (Lipinski definition) is 5. The summed E-state index contributed by atoms with van der Waals surface area (Å²) < 4.78 is 49.5. The van der Waals surface area contributed by atoms with Crippen LogP contribution in [0.1, 0.15) is 26.2 Å². The summed E-state index contributed by atoms with van der Waals surface area (Å²) in [7, 11) is -7.07. The van der Waals surface area contributed by atoms with E-state index in [0.29, 0.717) is 11.6 Å². The van der Waals surface area contributed by atoms with Crippen molar-refractivity contribution in [3.8, 4) is 0 Å². The maximum atomic E-state index is 12.8. The quantitative estimate of drug-likeness (QED) is 0.733. The van der Waals surface area contributed by atoms with Crippen LogP contribution in [0.5, 0.6) is 0 Å². The Bertz CT molecular complexity index is 729. The van der Waals surface area contributed by atoms with Gasteiger partial charge in [0.25, 0.3) is 0 Å². The van der Waals surface area contributed by atoms with E-state index in [0.717, 1.165) is 19.3 Å². The minimum Gasteiger partial charge on any atom is -0.312 e. The Kier molecular flexibility index (Phi) is 6.10. The fourth-order valence-corrected chi connectivity index (χ4v) is 7.62. The predicted octanol–water partition coefficient (Wildman–Crippen LogP) is 2.06. The minimum absolute atomic E-state index is 0.115. The van der Waals surface area contributed by atoms with Gasteiger partial charge in [-0.3, -0.25) is 0 Å². The average Bonchev–Trinajstić information content (AvgIpc) is 2.80. The number of sulfone groups is 2. The van der Waals surface area contributed by atoms with Crippen molar-refractivity contribution in [1.82, 2.24) is 5.32 Å². The van der Waals surface area contributed by atoms with E-state index < -0.39 is 31.0 Å². The summed E-state index contributed by atoms with van der Waals surface area (Å²) in [5, 5.41) is 2.62. The molecule has 1 N–H and O–H groups in total. The lowest BCUT2D eigenvalue weighted by atomic mass is 10.2. The molecule has 1 aliphatic rings. The molecule has 0 amide bonds. The van der Waals surface area contributed by atoms with Gasteiger partial charge in [0.1, 0.15) is 0 Å². The summed E-state index contributed by atoms with van der Waals surface area (Å²) >= 11 is 5.79. The van der Waals surface area contributed by atoms with Crippen molar-refractivity contribution < 1.29 is 16.8 Å². The first-order valence-corrected chi connectivity index (χ1v) is 11.4. The molecule has 1 aliphatic heterocycles. The molecule has 1 fully saturated rings. The van der Waals surface area contributed by atoms with Crippen molar-refractivity contribution in [2.45, 2.75) is 42.4 Å². The fraction of sp³-hybridized carbons (Fsp3) is 0.600. The first-order valence-electron chi connectivity index (χ1n) is 7.69. The van der Waals surface area contributed by atoms with Gasteiger partial charge < -0.3 is 5.32 Å². The zero-order chi connectivity index (χ0) is 17.1. The Morgan fingerprint density at radius 2 is 1.83 bits per heavy atom. The molecule has 0 unspecified atom stereocenters. The monoisotopic (exact) mass is 379 g/mol. The number of nitrogens with one attached hydrogen (secondary N) is 1. The van der Waals surface area contributed by atoms with E-state index in [4.69, 9.17) is 11.6 Å². The lowest BCUT2D eigenvalue weighted by Gasteiger charge is -2.20. The summed E-state index contributed by atoms with van der Waals surface area (Å²) in [4.78, 5) is 0.115. The van der Waals surface area contributed by atoms with E-state index in [1.54, 1.807) is 0 Å². The Labute approximate surface area is 143 Å². The molecular weight excluding hydrogens is 358 g/mol. The molecule has 130 valence electrons. The second-order valence-electron chi connectivity index (χ2n) is 5.88. The first-order chi connectivity index (χ1) is 10.8. The molecule has 8 heteroatoms. The van der Waals surface area contributed by atoms with Crippen molar-refractivity contribution >= 4 is 31.3 Å². The third-order valence-corrected chi connectivity index (χ3v) is 8.45. The molecule has 2 atom stereocenters. The van der Waals surface area contributed by atoms with Gasteiger partial charge in [-0.1, -0.05) is 31.4 Å². The van der Waals surface area contributed by atoms with Crippen LogP contribution in [0.2, 0.25) is 5.02 Å². The average molecular weight is 380 g/mol. The lowest BCUT2D eigenvalue weighted by molar-refractivity contribution is 0.513. The molecule has 1 aromatic carbocycles. The third-order valence-electron chi connectivity index (χ3n) is 4.03. The second kappa shape index (κ2) is 7.51. The van der Waals surface area contributed by atoms with E-state index in [9.17, 15) is 16.8 Å². The molecule has 1 heterocycles. The van der Waals surface area contributed by atoms with Gasteiger partial charge in [0, 0.05) is 11.1 Å². The molecular formula is C15H22ClNO4S2. The fourth-order valence-electron chi connectivity index (χ4n) is 2.77. The summed E-state index contributed by atoms with van der Waals surface area (Å²) in [5.41, 5.74) is 0. The van der Waals surface area contributed by atoms with Crippen molar-refractivity contribution in [1.29, 1.82) is 0 Å². The number of unbranched alkanes of at least 4 members (excludes halogenated alkanes) is 2. The molecule has 0 saturated carbocycles. The maximum Gasteiger partial charge on any atom is 0.183 e. The van der Waals surface area contributed by atoms with Gasteiger partial charge in [0.15, 0.2) is 19.7 Å². The third kappa shape index (κ3) is 4.68. The lowest BCUT2D eigenvalue weighted by Crippen LogP contribution is -2.43. The highest BCUT2D eigenvalue weighted by atomic mass is 35.5. The highest BCUT2D eigenvalue weighted by molar-refractivity contribution is 7.96. The molecule has 1 saturated heterocycles. The van der Waals surface area contributed by atoms with Crippen LogP contribution in [0.15, 0.2) is 29.2 Å². The van der Waals surface area contributed by atoms with Crippen LogP contribution in [-0.4, -0.2) is 46.2 Å². The Morgan fingerprint density at radius 1 is 1.17 bits per heavy atom. The summed E-state index contributed by atoms with van der Waals surface area (Å²) in [6.45, 7) is 2.70. The zero-order valence-electron chi connectivity index (χ0n) is 13.0. The van der Waals surface area contributed by atoms with Crippen LogP contribution < -0.4 is 5.32 Å². The molecule has 0 aromatic heterocycles. The van der Waals surface area contributed by atoms with Gasteiger partial charge in [-0.2, -0.15) is 0 Å². The van der Waals surface area contributed by atoms with Crippen molar-refractivity contribution in [3.63, 3.8) is 0 Å². The zero-order valence-corrected chi connectivity index (χ0v) is 15.4. The van der Waals surface area contributed by atoms with Gasteiger partial charge in [-0.25, -0.2) is 16.8 Å². The molecule has 1 aromatic rings. The van der Waals surface area contributed by atoms with E-state index in [-0.39, 0.29) is 16.4 Å². The van der Waals surface area contributed by atoms with Crippen molar-refractivity contribution in [2.75, 3.05) is 18.1 Å². The number of hydrogen-bond donors (Lipinski definition) is 1. The van der Waals surface area contributed by atoms with Crippen LogP contribution in [0.25, 0.3) is 0 Å². The number of halogens is 1. The summed E-state index contributed by atoms with van der Waals surface area (Å²) in [6, 6.07) is 5.30. The topological polar surface area (TPSA) is 80.3 Å². The summed E-state index contributed by atoms with van der Waals surface area (Å²) in [5.74, 6) is -0.458. The van der Waals surface area contributed by atoms with Crippen LogP contribution in [0.4, 0.5) is 0 Å². The van der Waals surface area contributed by atoms with Crippen LogP contribution in [0.3, 0.4) is 0 Å². The Hall–Kier alpha value is -0.630. The molecule has 23 heavy (non-hydrogen) atoms. The highest BCUT2D eigenvalue weighted by Crippen LogP contribution is 2.26. The molecule has 2 rings (SSSR count). The van der Waals surface area contributed by atoms with Crippen LogP contribution in [0, 0.1) is 0 Å². The molecule has 0 bridgehead atoms. The van der Waals surface area contributed by atoms with E-state index in [1.807, 2.05) is 0 Å². The molecule has 0 radical (unpaired) electrons. The predicted molar refractivity (Wildman–Crippen MR) is 92.4 cm³/mol. The number of rotatable bonds is 7. The van der Waals surface area contributed by atoms with Crippen LogP contribution >= 0.6 is 11.6 Å². The van der Waals surface area contributed by atoms with Gasteiger partial charge in [-0.15, -0.1) is 0 Å². The Balaban J connectivity index is 2.21. The molecule has 5 nitrogen and oxygen atoms in total. The van der Waals surface area contributed by atoms with Gasteiger partial charge in [0.2, 0.25) is 0 Å². The first kappa shape index (κ1) is 18.7. The van der Waals surface area contributed by atoms with Crippen molar-refractivity contribution in [2.24, 2.45) is 0 Å². The standard InChI is InChI=1S/C15H22ClNO4S2/c1-2-3-4-9-17-14-10-22(18,19)11-15(14)23(20,21)13-7-5-12(16)6-8-13/h5-8,14-15,17H,2-4,9-11H2,1H3/t14-,15-/m0/s1. The smallest absolute Gasteiger partial charge is 0.183 e. The molecule has 0 spiro atoms. The van der Waals surface area contributed by atoms with Gasteiger partial charge in [-0.05, 0) is 37.2 Å². The second-order valence-corrected chi connectivity index (χ2v) is 10.6. The number of benzene rings is 1.